The van der Waals surface area contributed by atoms with Crippen LogP contribution in [0.4, 0.5) is 5.82 Å². The first-order valence-corrected chi connectivity index (χ1v) is 6.61. The molecule has 4 heteroatoms. The van der Waals surface area contributed by atoms with Crippen LogP contribution in [0.25, 0.3) is 11.1 Å². The Morgan fingerprint density at radius 3 is 2.65 bits per heavy atom. The Kier molecular flexibility index (Phi) is 4.70. The van der Waals surface area contributed by atoms with Gasteiger partial charge in [-0.25, -0.2) is 4.98 Å². The van der Waals surface area contributed by atoms with Gasteiger partial charge in [-0.3, -0.25) is 0 Å². The number of nitrogens with zero attached hydrogens (tertiary/aromatic N) is 2. The van der Waals surface area contributed by atoms with Gasteiger partial charge in [0.25, 0.3) is 0 Å². The Hall–Kier alpha value is -2.38. The van der Waals surface area contributed by atoms with Crippen molar-refractivity contribution in [3.05, 3.63) is 48.2 Å². The fourth-order valence-corrected chi connectivity index (χ4v) is 1.92. The molecule has 2 rings (SSSR count). The Labute approximate surface area is 118 Å². The molecular weight excluding hydrogens is 250 g/mol. The molecule has 0 amide bonds. The van der Waals surface area contributed by atoms with Gasteiger partial charge in [-0.2, -0.15) is 5.26 Å². The summed E-state index contributed by atoms with van der Waals surface area (Å²) in [7, 11) is 0. The molecule has 0 radical (unpaired) electrons. The second-order valence-electron chi connectivity index (χ2n) is 4.53. The summed E-state index contributed by atoms with van der Waals surface area (Å²) >= 11 is 0. The SMILES string of the molecule is CC[C@H](CO)Nc1ncc(-c2ccccc2)cc1C#N. The number of pyridine rings is 1. The van der Waals surface area contributed by atoms with Gasteiger partial charge in [-0.05, 0) is 18.1 Å². The topological polar surface area (TPSA) is 68.9 Å². The van der Waals surface area contributed by atoms with Crippen LogP contribution in [0.2, 0.25) is 0 Å². The molecule has 1 aromatic carbocycles. The maximum atomic E-state index is 9.26. The van der Waals surface area contributed by atoms with Gasteiger partial charge in [0.05, 0.1) is 18.2 Å². The van der Waals surface area contributed by atoms with Gasteiger partial charge >= 0.3 is 0 Å². The Balaban J connectivity index is 2.32. The van der Waals surface area contributed by atoms with Crippen LogP contribution in [0.1, 0.15) is 18.9 Å². The van der Waals surface area contributed by atoms with Crippen LogP contribution in [-0.2, 0) is 0 Å². The standard InChI is InChI=1S/C16H17N3O/c1-2-15(11-20)19-16-13(9-17)8-14(10-18-16)12-6-4-3-5-7-12/h3-8,10,15,20H,2,11H2,1H3,(H,18,19)/t15-/m1/s1. The quantitative estimate of drug-likeness (QED) is 0.874. The minimum absolute atomic E-state index is 0.0173. The number of aromatic nitrogens is 1. The zero-order valence-electron chi connectivity index (χ0n) is 11.4. The lowest BCUT2D eigenvalue weighted by molar-refractivity contribution is 0.271. The first-order valence-electron chi connectivity index (χ1n) is 6.61. The van der Waals surface area contributed by atoms with E-state index in [1.165, 1.54) is 0 Å². The highest BCUT2D eigenvalue weighted by Gasteiger charge is 2.10. The smallest absolute Gasteiger partial charge is 0.144 e. The minimum atomic E-state index is -0.0859. The number of rotatable bonds is 5. The fourth-order valence-electron chi connectivity index (χ4n) is 1.92. The maximum Gasteiger partial charge on any atom is 0.144 e. The van der Waals surface area contributed by atoms with Crippen molar-refractivity contribution >= 4 is 5.82 Å². The van der Waals surface area contributed by atoms with Crippen molar-refractivity contribution in [2.45, 2.75) is 19.4 Å². The lowest BCUT2D eigenvalue weighted by Gasteiger charge is -2.16. The fraction of sp³-hybridized carbons (Fsp3) is 0.250. The van der Waals surface area contributed by atoms with Crippen molar-refractivity contribution < 1.29 is 5.11 Å². The van der Waals surface area contributed by atoms with Crippen LogP contribution in [0.5, 0.6) is 0 Å². The van der Waals surface area contributed by atoms with E-state index in [0.29, 0.717) is 11.4 Å². The molecular formula is C16H17N3O. The molecule has 0 saturated heterocycles. The second kappa shape index (κ2) is 6.69. The van der Waals surface area contributed by atoms with Gasteiger partial charge in [0.2, 0.25) is 0 Å². The Morgan fingerprint density at radius 1 is 1.30 bits per heavy atom. The monoisotopic (exact) mass is 267 g/mol. The molecule has 1 heterocycles. The van der Waals surface area contributed by atoms with Crippen LogP contribution >= 0.6 is 0 Å². The summed E-state index contributed by atoms with van der Waals surface area (Å²) < 4.78 is 0. The largest absolute Gasteiger partial charge is 0.394 e. The lowest BCUT2D eigenvalue weighted by atomic mass is 10.1. The average molecular weight is 267 g/mol. The molecule has 102 valence electrons. The van der Waals surface area contributed by atoms with E-state index in [1.807, 2.05) is 43.3 Å². The van der Waals surface area contributed by atoms with Gasteiger partial charge < -0.3 is 10.4 Å². The number of aliphatic hydroxyl groups excluding tert-OH is 1. The summed E-state index contributed by atoms with van der Waals surface area (Å²) in [6.07, 6.45) is 2.51. The third kappa shape index (κ3) is 3.14. The zero-order valence-corrected chi connectivity index (χ0v) is 11.4. The lowest BCUT2D eigenvalue weighted by Crippen LogP contribution is -2.23. The molecule has 1 aromatic heterocycles. The molecule has 20 heavy (non-hydrogen) atoms. The Bertz CT molecular complexity index is 601. The molecule has 1 atom stereocenters. The van der Waals surface area contributed by atoms with E-state index in [0.717, 1.165) is 17.5 Å². The number of nitriles is 1. The van der Waals surface area contributed by atoms with Crippen molar-refractivity contribution in [3.63, 3.8) is 0 Å². The number of hydrogen-bond donors (Lipinski definition) is 2. The summed E-state index contributed by atoms with van der Waals surface area (Å²) in [6.45, 7) is 1.99. The van der Waals surface area contributed by atoms with E-state index in [2.05, 4.69) is 16.4 Å². The van der Waals surface area contributed by atoms with Gasteiger partial charge in [-0.15, -0.1) is 0 Å². The van der Waals surface area contributed by atoms with Gasteiger partial charge in [-0.1, -0.05) is 37.3 Å². The van der Waals surface area contributed by atoms with E-state index < -0.39 is 0 Å². The Morgan fingerprint density at radius 2 is 2.05 bits per heavy atom. The molecule has 0 unspecified atom stereocenters. The molecule has 0 saturated carbocycles. The van der Waals surface area contributed by atoms with Crippen molar-refractivity contribution in [1.29, 1.82) is 5.26 Å². The summed E-state index contributed by atoms with van der Waals surface area (Å²) in [5.41, 5.74) is 2.42. The van der Waals surface area contributed by atoms with Gasteiger partial charge in [0.15, 0.2) is 0 Å². The normalized spacial score (nSPS) is 11.7. The minimum Gasteiger partial charge on any atom is -0.394 e. The van der Waals surface area contributed by atoms with Crippen molar-refractivity contribution in [3.8, 4) is 17.2 Å². The highest BCUT2D eigenvalue weighted by Crippen LogP contribution is 2.23. The number of aliphatic hydroxyl groups is 1. The highest BCUT2D eigenvalue weighted by molar-refractivity contribution is 5.67. The summed E-state index contributed by atoms with van der Waals surface area (Å²) in [4.78, 5) is 4.32. The van der Waals surface area contributed by atoms with Gasteiger partial charge in [0, 0.05) is 11.8 Å². The van der Waals surface area contributed by atoms with Crippen LogP contribution in [0.3, 0.4) is 0 Å². The van der Waals surface area contributed by atoms with Crippen LogP contribution < -0.4 is 5.32 Å². The first kappa shape index (κ1) is 14.0. The maximum absolute atomic E-state index is 9.26. The second-order valence-corrected chi connectivity index (χ2v) is 4.53. The molecule has 4 nitrogen and oxygen atoms in total. The molecule has 0 aliphatic heterocycles. The van der Waals surface area contributed by atoms with E-state index in [-0.39, 0.29) is 12.6 Å². The zero-order chi connectivity index (χ0) is 14.4. The van der Waals surface area contributed by atoms with E-state index in [9.17, 15) is 10.4 Å². The van der Waals surface area contributed by atoms with E-state index in [4.69, 9.17) is 0 Å². The number of nitrogens with one attached hydrogen (secondary N) is 1. The summed E-state index contributed by atoms with van der Waals surface area (Å²) in [5, 5.41) is 21.6. The van der Waals surface area contributed by atoms with Crippen LogP contribution in [0, 0.1) is 11.3 Å². The van der Waals surface area contributed by atoms with E-state index in [1.54, 1.807) is 6.20 Å². The van der Waals surface area contributed by atoms with Crippen molar-refractivity contribution in [2.75, 3.05) is 11.9 Å². The highest BCUT2D eigenvalue weighted by atomic mass is 16.3. The molecule has 0 aliphatic rings. The van der Waals surface area contributed by atoms with Crippen LogP contribution in [-0.4, -0.2) is 22.7 Å². The average Bonchev–Trinajstić information content (AvgIpc) is 2.53. The van der Waals surface area contributed by atoms with Crippen molar-refractivity contribution in [2.24, 2.45) is 0 Å². The molecule has 2 N–H and O–H groups in total. The van der Waals surface area contributed by atoms with E-state index >= 15 is 0 Å². The number of benzene rings is 1. The van der Waals surface area contributed by atoms with Crippen LogP contribution in [0.15, 0.2) is 42.6 Å². The van der Waals surface area contributed by atoms with Gasteiger partial charge in [0.1, 0.15) is 11.9 Å². The third-order valence-corrected chi connectivity index (χ3v) is 3.17. The first-order chi connectivity index (χ1) is 9.78. The third-order valence-electron chi connectivity index (χ3n) is 3.17. The molecule has 0 fully saturated rings. The number of anilines is 1. The predicted octanol–water partition coefficient (Wildman–Crippen LogP) is 2.80. The molecule has 2 aromatic rings. The summed E-state index contributed by atoms with van der Waals surface area (Å²) in [5.74, 6) is 0.521. The summed E-state index contributed by atoms with van der Waals surface area (Å²) in [6, 6.07) is 13.7. The number of hydrogen-bond acceptors (Lipinski definition) is 4. The molecule has 0 bridgehead atoms. The van der Waals surface area contributed by atoms with Crippen molar-refractivity contribution in [1.82, 2.24) is 4.98 Å². The predicted molar refractivity (Wildman–Crippen MR) is 79.2 cm³/mol. The molecule has 0 spiro atoms. The molecule has 0 aliphatic carbocycles.